The quantitative estimate of drug-likeness (QED) is 0.376. The lowest BCUT2D eigenvalue weighted by molar-refractivity contribution is -0.127. The molecule has 5 rings (SSSR count). The SMILES string of the molecule is CC(=O)N1CCC(c2nc(S(C)(=O)=O)ccc2Oc2ccc3[nH]c(-c4ccc(C(C)(C)O)cn4)cc3c2)C1. The number of sulfone groups is 1. The minimum atomic E-state index is -3.51. The third-order valence-electron chi connectivity index (χ3n) is 6.83. The first kappa shape index (κ1) is 25.9. The van der Waals surface area contributed by atoms with E-state index in [1.54, 1.807) is 31.0 Å². The van der Waals surface area contributed by atoms with Crippen molar-refractivity contribution < 1.29 is 23.1 Å². The van der Waals surface area contributed by atoms with Gasteiger partial charge < -0.3 is 19.7 Å². The van der Waals surface area contributed by atoms with Crippen molar-refractivity contribution in [3.8, 4) is 22.9 Å². The zero-order chi connectivity index (χ0) is 27.2. The Kier molecular flexibility index (Phi) is 6.48. The Morgan fingerprint density at radius 2 is 1.95 bits per heavy atom. The molecule has 2 N–H and O–H groups in total. The van der Waals surface area contributed by atoms with Gasteiger partial charge in [-0.05, 0) is 62.7 Å². The van der Waals surface area contributed by atoms with Gasteiger partial charge in [0.1, 0.15) is 11.5 Å². The summed E-state index contributed by atoms with van der Waals surface area (Å²) in [7, 11) is -3.51. The molecule has 0 saturated carbocycles. The van der Waals surface area contributed by atoms with Crippen LogP contribution in [0.4, 0.5) is 0 Å². The number of benzene rings is 1. The number of hydrogen-bond donors (Lipinski definition) is 2. The Bertz CT molecular complexity index is 1620. The molecule has 4 heterocycles. The van der Waals surface area contributed by atoms with Gasteiger partial charge in [0.05, 0.1) is 22.7 Å². The predicted octanol–water partition coefficient (Wildman–Crippen LogP) is 4.38. The molecule has 1 unspecified atom stereocenters. The summed E-state index contributed by atoms with van der Waals surface area (Å²) in [5.41, 5.74) is 2.77. The van der Waals surface area contributed by atoms with Crippen molar-refractivity contribution in [2.75, 3.05) is 19.3 Å². The summed E-state index contributed by atoms with van der Waals surface area (Å²) in [4.78, 5) is 25.9. The molecule has 4 aromatic rings. The van der Waals surface area contributed by atoms with Gasteiger partial charge in [-0.15, -0.1) is 0 Å². The van der Waals surface area contributed by atoms with Gasteiger partial charge in [0.2, 0.25) is 5.91 Å². The summed E-state index contributed by atoms with van der Waals surface area (Å²) in [5.74, 6) is 0.889. The minimum Gasteiger partial charge on any atom is -0.455 e. The molecule has 0 spiro atoms. The Labute approximate surface area is 221 Å². The maximum absolute atomic E-state index is 12.2. The van der Waals surface area contributed by atoms with Crippen LogP contribution in [-0.2, 0) is 20.2 Å². The highest BCUT2D eigenvalue weighted by Gasteiger charge is 2.30. The summed E-state index contributed by atoms with van der Waals surface area (Å²) in [6, 6.07) is 14.4. The third kappa shape index (κ3) is 5.27. The average Bonchev–Trinajstić information content (AvgIpc) is 3.51. The van der Waals surface area contributed by atoms with Crippen LogP contribution >= 0.6 is 0 Å². The normalized spacial score (nSPS) is 16.2. The largest absolute Gasteiger partial charge is 0.455 e. The van der Waals surface area contributed by atoms with Crippen molar-refractivity contribution >= 4 is 26.6 Å². The fourth-order valence-corrected chi connectivity index (χ4v) is 5.23. The van der Waals surface area contributed by atoms with Crippen molar-refractivity contribution in [1.29, 1.82) is 0 Å². The highest BCUT2D eigenvalue weighted by molar-refractivity contribution is 7.90. The monoisotopic (exact) mass is 534 g/mol. The molecule has 1 atom stereocenters. The van der Waals surface area contributed by atoms with Crippen molar-refractivity contribution in [3.63, 3.8) is 0 Å². The summed E-state index contributed by atoms with van der Waals surface area (Å²) in [6.07, 6.45) is 3.47. The number of pyridine rings is 2. The fraction of sp³-hybridized carbons (Fsp3) is 0.321. The number of amides is 1. The molecular formula is C28H30N4O5S. The molecule has 0 aliphatic carbocycles. The first-order valence-corrected chi connectivity index (χ1v) is 14.2. The number of aromatic amines is 1. The standard InChI is InChI=1S/C28H30N4O5S/c1-17(33)32-12-11-18(16-32)27-25(9-10-26(31-27)38(4,35)36)37-21-6-8-22-19(13-21)14-24(30-22)23-7-5-20(15-29-23)28(2,3)34/h5-10,13-15,18,30,34H,11-12,16H2,1-4H3. The number of rotatable bonds is 6. The smallest absolute Gasteiger partial charge is 0.219 e. The van der Waals surface area contributed by atoms with Crippen LogP contribution in [0.1, 0.15) is 44.4 Å². The zero-order valence-corrected chi connectivity index (χ0v) is 22.5. The van der Waals surface area contributed by atoms with Crippen LogP contribution in [0.2, 0.25) is 0 Å². The number of aliphatic hydroxyl groups is 1. The molecule has 1 fully saturated rings. The second-order valence-electron chi connectivity index (χ2n) is 10.3. The molecule has 0 radical (unpaired) electrons. The lowest BCUT2D eigenvalue weighted by atomic mass is 10.0. The van der Waals surface area contributed by atoms with Crippen molar-refractivity contribution in [3.05, 3.63) is 66.0 Å². The van der Waals surface area contributed by atoms with Crippen LogP contribution < -0.4 is 4.74 Å². The molecule has 10 heteroatoms. The number of nitrogens with zero attached hydrogens (tertiary/aromatic N) is 3. The summed E-state index contributed by atoms with van der Waals surface area (Å²) >= 11 is 0. The summed E-state index contributed by atoms with van der Waals surface area (Å²) in [5, 5.41) is 11.1. The third-order valence-corrected chi connectivity index (χ3v) is 7.81. The predicted molar refractivity (Wildman–Crippen MR) is 144 cm³/mol. The molecule has 1 aliphatic heterocycles. The number of nitrogens with one attached hydrogen (secondary N) is 1. The van der Waals surface area contributed by atoms with E-state index in [9.17, 15) is 18.3 Å². The zero-order valence-electron chi connectivity index (χ0n) is 21.7. The molecule has 1 amide bonds. The molecule has 0 bridgehead atoms. The number of aromatic nitrogens is 3. The van der Waals surface area contributed by atoms with E-state index in [2.05, 4.69) is 15.0 Å². The Morgan fingerprint density at radius 3 is 2.58 bits per heavy atom. The Hall–Kier alpha value is -3.76. The molecule has 38 heavy (non-hydrogen) atoms. The second-order valence-corrected chi connectivity index (χ2v) is 12.2. The van der Waals surface area contributed by atoms with Gasteiger partial charge >= 0.3 is 0 Å². The van der Waals surface area contributed by atoms with E-state index in [0.717, 1.165) is 34.1 Å². The molecular weight excluding hydrogens is 504 g/mol. The number of fused-ring (bicyclic) bond motifs is 1. The van der Waals surface area contributed by atoms with Gasteiger partial charge in [-0.25, -0.2) is 13.4 Å². The number of H-pyrrole nitrogens is 1. The van der Waals surface area contributed by atoms with Gasteiger partial charge in [0.15, 0.2) is 14.9 Å². The first-order chi connectivity index (χ1) is 17.9. The van der Waals surface area contributed by atoms with Gasteiger partial charge in [0, 0.05) is 54.9 Å². The van der Waals surface area contributed by atoms with E-state index in [1.807, 2.05) is 36.4 Å². The number of carbonyl (C=O) groups is 1. The maximum atomic E-state index is 12.2. The van der Waals surface area contributed by atoms with E-state index < -0.39 is 15.4 Å². The topological polar surface area (TPSA) is 125 Å². The summed E-state index contributed by atoms with van der Waals surface area (Å²) in [6.45, 7) is 6.02. The highest BCUT2D eigenvalue weighted by atomic mass is 32.2. The Morgan fingerprint density at radius 1 is 1.16 bits per heavy atom. The van der Waals surface area contributed by atoms with Crippen LogP contribution in [0, 0.1) is 0 Å². The van der Waals surface area contributed by atoms with Crippen molar-refractivity contribution in [2.45, 2.75) is 43.7 Å². The molecule has 9 nitrogen and oxygen atoms in total. The molecule has 1 aromatic carbocycles. The van der Waals surface area contributed by atoms with E-state index in [1.165, 1.54) is 13.0 Å². The Balaban J connectivity index is 1.45. The van der Waals surface area contributed by atoms with Gasteiger partial charge in [-0.3, -0.25) is 9.78 Å². The van der Waals surface area contributed by atoms with Crippen LogP contribution in [0.25, 0.3) is 22.3 Å². The number of likely N-dealkylation sites (tertiary alicyclic amines) is 1. The lowest BCUT2D eigenvalue weighted by Crippen LogP contribution is -2.25. The van der Waals surface area contributed by atoms with Crippen molar-refractivity contribution in [2.24, 2.45) is 0 Å². The van der Waals surface area contributed by atoms with E-state index >= 15 is 0 Å². The fourth-order valence-electron chi connectivity index (χ4n) is 4.65. The van der Waals surface area contributed by atoms with Crippen LogP contribution in [0.3, 0.4) is 0 Å². The first-order valence-electron chi connectivity index (χ1n) is 12.3. The maximum Gasteiger partial charge on any atom is 0.219 e. The molecule has 1 saturated heterocycles. The van der Waals surface area contributed by atoms with E-state index in [0.29, 0.717) is 36.7 Å². The molecule has 198 valence electrons. The highest BCUT2D eigenvalue weighted by Crippen LogP contribution is 2.36. The van der Waals surface area contributed by atoms with Crippen molar-refractivity contribution in [1.82, 2.24) is 19.9 Å². The number of carbonyl (C=O) groups excluding carboxylic acids is 1. The van der Waals surface area contributed by atoms with Gasteiger partial charge in [-0.1, -0.05) is 6.07 Å². The summed E-state index contributed by atoms with van der Waals surface area (Å²) < 4.78 is 30.6. The second kappa shape index (κ2) is 9.52. The van der Waals surface area contributed by atoms with Crippen LogP contribution in [0.5, 0.6) is 11.5 Å². The van der Waals surface area contributed by atoms with Gasteiger partial charge in [0.25, 0.3) is 0 Å². The number of ether oxygens (including phenoxy) is 1. The van der Waals surface area contributed by atoms with E-state index in [-0.39, 0.29) is 16.9 Å². The number of hydrogen-bond acceptors (Lipinski definition) is 7. The molecule has 3 aromatic heterocycles. The lowest BCUT2D eigenvalue weighted by Gasteiger charge is -2.17. The van der Waals surface area contributed by atoms with E-state index in [4.69, 9.17) is 4.74 Å². The minimum absolute atomic E-state index is 0.0186. The molecule has 1 aliphatic rings. The average molecular weight is 535 g/mol. The van der Waals surface area contributed by atoms with Crippen LogP contribution in [0.15, 0.2) is 59.8 Å². The van der Waals surface area contributed by atoms with Gasteiger partial charge in [-0.2, -0.15) is 0 Å². The van der Waals surface area contributed by atoms with Crippen LogP contribution in [-0.4, -0.2) is 58.6 Å².